The van der Waals surface area contributed by atoms with E-state index in [1.165, 1.54) is 32.9 Å². The van der Waals surface area contributed by atoms with Crippen LogP contribution in [0.2, 0.25) is 0 Å². The highest BCUT2D eigenvalue weighted by Gasteiger charge is 2.35. The molecular formula is C11H22N4O4. The largest absolute Gasteiger partial charge is 0.409 e. The molecule has 0 heterocycles. The van der Waals surface area contributed by atoms with E-state index in [1.54, 1.807) is 0 Å². The first-order valence-electron chi connectivity index (χ1n) is 5.76. The quantitative estimate of drug-likeness (QED) is 0.181. The number of rotatable bonds is 7. The number of amidine groups is 1. The molecule has 0 spiro atoms. The van der Waals surface area contributed by atoms with Gasteiger partial charge in [0.25, 0.3) is 0 Å². The number of nitrogens with one attached hydrogen (secondary N) is 1. The van der Waals surface area contributed by atoms with Crippen molar-refractivity contribution in [1.29, 1.82) is 0 Å². The van der Waals surface area contributed by atoms with E-state index in [2.05, 4.69) is 10.5 Å². The summed E-state index contributed by atoms with van der Waals surface area (Å²) in [7, 11) is 3.01. The molecule has 0 radical (unpaired) electrons. The third-order valence-electron chi connectivity index (χ3n) is 2.64. The average molecular weight is 274 g/mol. The monoisotopic (exact) mass is 274 g/mol. The molecule has 0 bridgehead atoms. The molecule has 0 aliphatic rings. The molecule has 19 heavy (non-hydrogen) atoms. The van der Waals surface area contributed by atoms with Gasteiger partial charge in [-0.15, -0.1) is 0 Å². The van der Waals surface area contributed by atoms with Crippen LogP contribution in [0.15, 0.2) is 5.16 Å². The Balaban J connectivity index is 4.46. The van der Waals surface area contributed by atoms with Gasteiger partial charge in [0.1, 0.15) is 5.41 Å². The molecule has 0 aromatic carbocycles. The molecule has 0 saturated carbocycles. The Bertz CT molecular complexity index is 355. The first-order chi connectivity index (χ1) is 8.77. The zero-order valence-corrected chi connectivity index (χ0v) is 11.8. The van der Waals surface area contributed by atoms with Crippen molar-refractivity contribution in [2.75, 3.05) is 33.9 Å². The molecule has 0 unspecified atom stereocenters. The van der Waals surface area contributed by atoms with E-state index in [0.29, 0.717) is 13.2 Å². The summed E-state index contributed by atoms with van der Waals surface area (Å²) in [4.78, 5) is 24.8. The minimum absolute atomic E-state index is 0.106. The van der Waals surface area contributed by atoms with Crippen LogP contribution in [0.1, 0.15) is 13.8 Å². The van der Waals surface area contributed by atoms with Crippen molar-refractivity contribution in [2.45, 2.75) is 13.8 Å². The maximum absolute atomic E-state index is 12.1. The van der Waals surface area contributed by atoms with E-state index in [9.17, 15) is 9.59 Å². The van der Waals surface area contributed by atoms with Gasteiger partial charge in [0, 0.05) is 20.7 Å². The minimum atomic E-state index is -1.17. The maximum Gasteiger partial charge on any atom is 0.239 e. The van der Waals surface area contributed by atoms with Crippen molar-refractivity contribution in [3.8, 4) is 0 Å². The second-order valence-electron chi connectivity index (χ2n) is 4.61. The molecule has 2 amide bonds. The van der Waals surface area contributed by atoms with E-state index in [4.69, 9.17) is 15.7 Å². The number of ether oxygens (including phenoxy) is 1. The van der Waals surface area contributed by atoms with Gasteiger partial charge in [-0.3, -0.25) is 9.59 Å². The van der Waals surface area contributed by atoms with Gasteiger partial charge in [0.05, 0.1) is 13.2 Å². The Labute approximate surface area is 112 Å². The smallest absolute Gasteiger partial charge is 0.239 e. The molecule has 0 atom stereocenters. The molecule has 4 N–H and O–H groups in total. The number of hydrogen-bond acceptors (Lipinski definition) is 5. The normalized spacial score (nSPS) is 12.1. The van der Waals surface area contributed by atoms with Gasteiger partial charge in [-0.25, -0.2) is 0 Å². The highest BCUT2D eigenvalue weighted by molar-refractivity contribution is 6.06. The Morgan fingerprint density at radius 3 is 2.53 bits per heavy atom. The fourth-order valence-corrected chi connectivity index (χ4v) is 1.35. The lowest BCUT2D eigenvalue weighted by atomic mass is 9.90. The summed E-state index contributed by atoms with van der Waals surface area (Å²) in [6, 6.07) is 0. The lowest BCUT2D eigenvalue weighted by Crippen LogP contribution is -2.49. The van der Waals surface area contributed by atoms with Gasteiger partial charge in [-0.1, -0.05) is 5.16 Å². The second kappa shape index (κ2) is 7.57. The van der Waals surface area contributed by atoms with Crippen molar-refractivity contribution in [3.05, 3.63) is 0 Å². The fraction of sp³-hybridized carbons (Fsp3) is 0.727. The first-order valence-corrected chi connectivity index (χ1v) is 5.76. The molecule has 0 aromatic heterocycles. The van der Waals surface area contributed by atoms with Crippen LogP contribution < -0.4 is 11.1 Å². The standard InChI is InChI=1S/C11H22N4O4/c1-11(2,9(12)14-18)10(17)15(3)7-8(16)13-5-6-19-4/h18H,5-7H2,1-4H3,(H2,12,14)(H,13,16). The Kier molecular flexibility index (Phi) is 6.84. The number of carbonyl (C=O) groups is 2. The molecule has 0 aliphatic carbocycles. The van der Waals surface area contributed by atoms with Crippen LogP contribution in [0.4, 0.5) is 0 Å². The van der Waals surface area contributed by atoms with Gasteiger partial charge in [0.2, 0.25) is 11.8 Å². The Hall–Kier alpha value is -1.83. The van der Waals surface area contributed by atoms with Gasteiger partial charge in [-0.05, 0) is 13.8 Å². The van der Waals surface area contributed by atoms with Gasteiger partial charge in [0.15, 0.2) is 5.84 Å². The average Bonchev–Trinajstić information content (AvgIpc) is 2.36. The Morgan fingerprint density at radius 2 is 2.05 bits per heavy atom. The number of amides is 2. The van der Waals surface area contributed by atoms with Crippen LogP contribution in [0.25, 0.3) is 0 Å². The predicted molar refractivity (Wildman–Crippen MR) is 69.7 cm³/mol. The van der Waals surface area contributed by atoms with Crippen LogP contribution in [-0.4, -0.2) is 61.6 Å². The van der Waals surface area contributed by atoms with E-state index in [1.807, 2.05) is 0 Å². The highest BCUT2D eigenvalue weighted by atomic mass is 16.5. The van der Waals surface area contributed by atoms with Crippen LogP contribution in [-0.2, 0) is 14.3 Å². The van der Waals surface area contributed by atoms with Crippen LogP contribution in [0.3, 0.4) is 0 Å². The number of nitrogens with zero attached hydrogens (tertiary/aromatic N) is 2. The fourth-order valence-electron chi connectivity index (χ4n) is 1.35. The molecule has 0 saturated heterocycles. The van der Waals surface area contributed by atoms with Crippen molar-refractivity contribution in [1.82, 2.24) is 10.2 Å². The summed E-state index contributed by atoms with van der Waals surface area (Å²) in [6.07, 6.45) is 0. The summed E-state index contributed by atoms with van der Waals surface area (Å²) in [6.45, 7) is 3.71. The molecular weight excluding hydrogens is 252 g/mol. The van der Waals surface area contributed by atoms with Crippen LogP contribution >= 0.6 is 0 Å². The van der Waals surface area contributed by atoms with Crippen molar-refractivity contribution >= 4 is 17.6 Å². The van der Waals surface area contributed by atoms with Crippen LogP contribution in [0.5, 0.6) is 0 Å². The summed E-state index contributed by atoms with van der Waals surface area (Å²) in [5.41, 5.74) is 4.28. The van der Waals surface area contributed by atoms with Crippen molar-refractivity contribution < 1.29 is 19.5 Å². The SMILES string of the molecule is COCCNC(=O)CN(C)C(=O)C(C)(C)C(N)=NO. The highest BCUT2D eigenvalue weighted by Crippen LogP contribution is 2.18. The molecule has 0 aliphatic heterocycles. The first kappa shape index (κ1) is 17.2. The number of carbonyl (C=O) groups excluding carboxylic acids is 2. The lowest BCUT2D eigenvalue weighted by Gasteiger charge is -2.27. The number of methoxy groups -OCH3 is 1. The summed E-state index contributed by atoms with van der Waals surface area (Å²) in [5, 5.41) is 14.1. The molecule has 110 valence electrons. The number of hydrogen-bond donors (Lipinski definition) is 3. The summed E-state index contributed by atoms with van der Waals surface area (Å²) < 4.78 is 4.79. The number of nitrogens with two attached hydrogens (primary N) is 1. The van der Waals surface area contributed by atoms with Gasteiger partial charge < -0.3 is 25.9 Å². The van der Waals surface area contributed by atoms with Gasteiger partial charge in [-0.2, -0.15) is 0 Å². The molecule has 8 nitrogen and oxygen atoms in total. The van der Waals surface area contributed by atoms with Crippen LogP contribution in [0, 0.1) is 5.41 Å². The van der Waals surface area contributed by atoms with E-state index < -0.39 is 11.3 Å². The lowest BCUT2D eigenvalue weighted by molar-refractivity contribution is -0.139. The van der Waals surface area contributed by atoms with E-state index in [-0.39, 0.29) is 18.3 Å². The minimum Gasteiger partial charge on any atom is -0.409 e. The molecule has 8 heteroatoms. The Morgan fingerprint density at radius 1 is 1.47 bits per heavy atom. The maximum atomic E-state index is 12.1. The van der Waals surface area contributed by atoms with Crippen molar-refractivity contribution in [2.24, 2.45) is 16.3 Å². The predicted octanol–water partition coefficient (Wildman–Crippen LogP) is -1.02. The summed E-state index contributed by atoms with van der Waals surface area (Å²) >= 11 is 0. The topological polar surface area (TPSA) is 117 Å². The second-order valence-corrected chi connectivity index (χ2v) is 4.61. The third-order valence-corrected chi connectivity index (χ3v) is 2.64. The number of likely N-dealkylation sites (N-methyl/N-ethyl adjacent to an activating group) is 1. The number of oxime groups is 1. The van der Waals surface area contributed by atoms with E-state index >= 15 is 0 Å². The zero-order valence-electron chi connectivity index (χ0n) is 11.8. The van der Waals surface area contributed by atoms with E-state index in [0.717, 1.165) is 0 Å². The summed E-state index contributed by atoms with van der Waals surface area (Å²) in [5.74, 6) is -0.919. The van der Waals surface area contributed by atoms with Gasteiger partial charge >= 0.3 is 0 Å². The zero-order chi connectivity index (χ0) is 15.1. The van der Waals surface area contributed by atoms with Crippen molar-refractivity contribution in [3.63, 3.8) is 0 Å². The molecule has 0 rings (SSSR count). The molecule has 0 aromatic rings. The third kappa shape index (κ3) is 5.12. The molecule has 0 fully saturated rings.